The Kier molecular flexibility index (Phi) is 8.53. The van der Waals surface area contributed by atoms with Gasteiger partial charge >= 0.3 is 0 Å². The second kappa shape index (κ2) is 11.2. The van der Waals surface area contributed by atoms with Crippen LogP contribution in [0.1, 0.15) is 78.6 Å². The van der Waals surface area contributed by atoms with Gasteiger partial charge in [0.25, 0.3) is 5.56 Å². The molecule has 6 heteroatoms. The molecule has 34 heavy (non-hydrogen) atoms. The number of carbonyl (C=O) groups is 1. The van der Waals surface area contributed by atoms with Crippen molar-refractivity contribution in [3.8, 4) is 5.69 Å². The second-order valence-corrected chi connectivity index (χ2v) is 10.6. The number of hydrogen-bond donors (Lipinski definition) is 0. The van der Waals surface area contributed by atoms with Crippen molar-refractivity contribution in [2.75, 3.05) is 6.54 Å². The molecule has 1 amide bonds. The predicted octanol–water partition coefficient (Wildman–Crippen LogP) is 6.95. The molecule has 0 saturated heterocycles. The van der Waals surface area contributed by atoms with Crippen LogP contribution in [0, 0.1) is 5.41 Å². The maximum absolute atomic E-state index is 13.6. The molecule has 0 saturated carbocycles. The minimum absolute atomic E-state index is 0.0848. The molecule has 3 rings (SSSR count). The number of fused-ring (bicyclic) bond motifs is 1. The smallest absolute Gasteiger partial charge is 0.266 e. The fourth-order valence-corrected chi connectivity index (χ4v) is 4.33. The average molecular weight is 482 g/mol. The number of carbonyl (C=O) groups excluding carboxylic acids is 1. The van der Waals surface area contributed by atoms with E-state index in [9.17, 15) is 9.59 Å². The first-order chi connectivity index (χ1) is 16.1. The molecular formula is C28H36ClN3O2. The molecule has 0 aliphatic rings. The zero-order chi connectivity index (χ0) is 24.9. The van der Waals surface area contributed by atoms with Crippen molar-refractivity contribution < 1.29 is 4.79 Å². The monoisotopic (exact) mass is 481 g/mol. The Balaban J connectivity index is 2.13. The highest BCUT2D eigenvalue weighted by Crippen LogP contribution is 2.28. The Morgan fingerprint density at radius 1 is 1.06 bits per heavy atom. The van der Waals surface area contributed by atoms with Crippen LogP contribution in [-0.4, -0.2) is 26.9 Å². The van der Waals surface area contributed by atoms with Crippen LogP contribution < -0.4 is 5.56 Å². The number of rotatable bonds is 9. The first-order valence-corrected chi connectivity index (χ1v) is 12.6. The summed E-state index contributed by atoms with van der Waals surface area (Å²) in [6, 6.07) is 14.2. The summed E-state index contributed by atoms with van der Waals surface area (Å²) >= 11 is 6.12. The van der Waals surface area contributed by atoms with Gasteiger partial charge in [0.2, 0.25) is 5.91 Å². The van der Waals surface area contributed by atoms with Gasteiger partial charge in [-0.05, 0) is 55.2 Å². The molecule has 1 aromatic heterocycles. The van der Waals surface area contributed by atoms with Crippen LogP contribution in [0.3, 0.4) is 0 Å². The summed E-state index contributed by atoms with van der Waals surface area (Å²) in [5.74, 6) is 0.644. The maximum Gasteiger partial charge on any atom is 0.266 e. The molecule has 0 N–H and O–H groups in total. The lowest BCUT2D eigenvalue weighted by Crippen LogP contribution is -2.39. The molecule has 1 unspecified atom stereocenters. The third-order valence-corrected chi connectivity index (χ3v) is 6.23. The first kappa shape index (κ1) is 26.0. The molecule has 0 spiro atoms. The van der Waals surface area contributed by atoms with Crippen molar-refractivity contribution in [3.05, 3.63) is 69.7 Å². The van der Waals surface area contributed by atoms with E-state index < -0.39 is 0 Å². The van der Waals surface area contributed by atoms with E-state index in [1.807, 2.05) is 42.2 Å². The Labute approximate surface area is 207 Å². The van der Waals surface area contributed by atoms with Crippen molar-refractivity contribution in [3.63, 3.8) is 0 Å². The second-order valence-electron chi connectivity index (χ2n) is 10.2. The summed E-state index contributed by atoms with van der Waals surface area (Å²) in [5, 5.41) is 1.14. The average Bonchev–Trinajstić information content (AvgIpc) is 2.78. The summed E-state index contributed by atoms with van der Waals surface area (Å²) in [6.07, 6.45) is 4.70. The van der Waals surface area contributed by atoms with Crippen molar-refractivity contribution in [1.82, 2.24) is 14.5 Å². The number of nitrogens with zero attached hydrogens (tertiary/aromatic N) is 3. The van der Waals surface area contributed by atoms with Gasteiger partial charge in [0.1, 0.15) is 5.82 Å². The largest absolute Gasteiger partial charge is 0.333 e. The summed E-state index contributed by atoms with van der Waals surface area (Å²) in [7, 11) is 0. The van der Waals surface area contributed by atoms with Crippen LogP contribution in [-0.2, 0) is 4.79 Å². The highest BCUT2D eigenvalue weighted by molar-refractivity contribution is 6.30. The quantitative estimate of drug-likeness (QED) is 0.311. The summed E-state index contributed by atoms with van der Waals surface area (Å²) in [5.41, 5.74) is 1.03. The number of hydrogen-bond acceptors (Lipinski definition) is 3. The highest BCUT2D eigenvalue weighted by Gasteiger charge is 2.29. The van der Waals surface area contributed by atoms with Gasteiger partial charge in [0, 0.05) is 18.0 Å². The number of unbranched alkanes of at least 4 members (excludes halogenated alkanes) is 3. The SMILES string of the molecule is CCCCCCN(C(=O)CC(C)(C)C)C(C)c1nc2ccccc2c(=O)n1-c1ccc(Cl)cc1. The number of benzene rings is 2. The van der Waals surface area contributed by atoms with E-state index in [1.165, 1.54) is 0 Å². The van der Waals surface area contributed by atoms with E-state index >= 15 is 0 Å². The number of aromatic nitrogens is 2. The van der Waals surface area contributed by atoms with Crippen molar-refractivity contribution in [1.29, 1.82) is 0 Å². The van der Waals surface area contributed by atoms with Crippen LogP contribution >= 0.6 is 11.6 Å². The Morgan fingerprint density at radius 2 is 1.74 bits per heavy atom. The van der Waals surface area contributed by atoms with E-state index in [0.717, 1.165) is 25.7 Å². The minimum atomic E-state index is -0.371. The predicted molar refractivity (Wildman–Crippen MR) is 141 cm³/mol. The standard InChI is InChI=1S/C28H36ClN3O2/c1-6-7-8-11-18-31(25(33)19-28(3,4)5)20(2)26-30-24-13-10-9-12-23(24)27(34)32(26)22-16-14-21(29)15-17-22/h9-10,12-17,20H,6-8,11,18-19H2,1-5H3. The molecule has 0 radical (unpaired) electrons. The normalized spacial score (nSPS) is 12.6. The topological polar surface area (TPSA) is 55.2 Å². The molecule has 5 nitrogen and oxygen atoms in total. The number of amides is 1. The van der Waals surface area contributed by atoms with Gasteiger partial charge in [0.15, 0.2) is 0 Å². The lowest BCUT2D eigenvalue weighted by molar-refractivity contribution is -0.135. The van der Waals surface area contributed by atoms with Crippen molar-refractivity contribution >= 4 is 28.4 Å². The van der Waals surface area contributed by atoms with Gasteiger partial charge in [-0.25, -0.2) is 4.98 Å². The van der Waals surface area contributed by atoms with E-state index in [1.54, 1.807) is 22.8 Å². The molecular weight excluding hydrogens is 446 g/mol. The maximum atomic E-state index is 13.6. The van der Waals surface area contributed by atoms with Crippen molar-refractivity contribution in [2.45, 2.75) is 72.8 Å². The zero-order valence-electron chi connectivity index (χ0n) is 21.0. The molecule has 182 valence electrons. The molecule has 1 atom stereocenters. The van der Waals surface area contributed by atoms with Crippen LogP contribution in [0.2, 0.25) is 5.02 Å². The minimum Gasteiger partial charge on any atom is -0.333 e. The van der Waals surface area contributed by atoms with Gasteiger partial charge in [-0.1, -0.05) is 70.7 Å². The van der Waals surface area contributed by atoms with Crippen LogP contribution in [0.5, 0.6) is 0 Å². The summed E-state index contributed by atoms with van der Waals surface area (Å²) in [6.45, 7) is 11.0. The van der Waals surface area contributed by atoms with Crippen LogP contribution in [0.4, 0.5) is 0 Å². The third-order valence-electron chi connectivity index (χ3n) is 5.98. The van der Waals surface area contributed by atoms with Gasteiger partial charge in [-0.3, -0.25) is 14.2 Å². The lowest BCUT2D eigenvalue weighted by atomic mass is 9.91. The fraction of sp³-hybridized carbons (Fsp3) is 0.464. The van der Waals surface area contributed by atoms with E-state index in [2.05, 4.69) is 27.7 Å². The Hall–Kier alpha value is -2.66. The number of halogens is 1. The van der Waals surface area contributed by atoms with Gasteiger partial charge < -0.3 is 4.90 Å². The Bertz CT molecular complexity index is 1180. The van der Waals surface area contributed by atoms with Gasteiger partial charge in [-0.15, -0.1) is 0 Å². The molecule has 3 aromatic rings. The zero-order valence-corrected chi connectivity index (χ0v) is 21.7. The fourth-order valence-electron chi connectivity index (χ4n) is 4.21. The van der Waals surface area contributed by atoms with Crippen LogP contribution in [0.25, 0.3) is 16.6 Å². The van der Waals surface area contributed by atoms with E-state index in [-0.39, 0.29) is 22.9 Å². The van der Waals surface area contributed by atoms with Crippen LogP contribution in [0.15, 0.2) is 53.3 Å². The van der Waals surface area contributed by atoms with Gasteiger partial charge in [-0.2, -0.15) is 0 Å². The molecule has 0 bridgehead atoms. The van der Waals surface area contributed by atoms with E-state index in [4.69, 9.17) is 16.6 Å². The van der Waals surface area contributed by atoms with Crippen molar-refractivity contribution in [2.24, 2.45) is 5.41 Å². The van der Waals surface area contributed by atoms with E-state index in [0.29, 0.717) is 40.4 Å². The third kappa shape index (κ3) is 6.26. The highest BCUT2D eigenvalue weighted by atomic mass is 35.5. The molecule has 0 aliphatic carbocycles. The molecule has 2 aromatic carbocycles. The number of para-hydroxylation sites is 1. The first-order valence-electron chi connectivity index (χ1n) is 12.2. The molecule has 1 heterocycles. The lowest BCUT2D eigenvalue weighted by Gasteiger charge is -2.33. The summed E-state index contributed by atoms with van der Waals surface area (Å²) in [4.78, 5) is 33.9. The Morgan fingerprint density at radius 3 is 2.38 bits per heavy atom. The summed E-state index contributed by atoms with van der Waals surface area (Å²) < 4.78 is 1.63. The van der Waals surface area contributed by atoms with Gasteiger partial charge in [0.05, 0.1) is 22.6 Å². The molecule has 0 fully saturated rings. The molecule has 0 aliphatic heterocycles.